The van der Waals surface area contributed by atoms with E-state index in [1.54, 1.807) is 36.7 Å². The normalized spacial score (nSPS) is 12.1. The molecule has 1 unspecified atom stereocenters. The van der Waals surface area contributed by atoms with E-state index in [4.69, 9.17) is 0 Å². The highest BCUT2D eigenvalue weighted by atomic mass is 32.1. The van der Waals surface area contributed by atoms with Crippen molar-refractivity contribution in [3.05, 3.63) is 40.1 Å². The molecule has 1 atom stereocenters. The highest BCUT2D eigenvalue weighted by Crippen LogP contribution is 2.31. The van der Waals surface area contributed by atoms with Gasteiger partial charge in [-0.05, 0) is 26.0 Å². The summed E-state index contributed by atoms with van der Waals surface area (Å²) in [6.07, 6.45) is 3.10. The summed E-state index contributed by atoms with van der Waals surface area (Å²) in [5, 5.41) is 3.60. The molecule has 6 nitrogen and oxygen atoms in total. The molecule has 0 saturated heterocycles. The number of hydrogen-bond donors (Lipinski definition) is 1. The zero-order valence-corrected chi connectivity index (χ0v) is 15.3. The van der Waals surface area contributed by atoms with Crippen LogP contribution in [0, 0.1) is 6.92 Å². The molecule has 2 heterocycles. The van der Waals surface area contributed by atoms with E-state index in [9.17, 15) is 9.59 Å². The van der Waals surface area contributed by atoms with Crippen LogP contribution in [-0.2, 0) is 9.59 Å². The monoisotopic (exact) mass is 346 g/mol. The fourth-order valence-corrected chi connectivity index (χ4v) is 3.36. The van der Waals surface area contributed by atoms with Gasteiger partial charge in [-0.3, -0.25) is 14.6 Å². The Bertz CT molecular complexity index is 727. The lowest BCUT2D eigenvalue weighted by atomic mass is 10.2. The van der Waals surface area contributed by atoms with Gasteiger partial charge in [0.15, 0.2) is 0 Å². The molecule has 0 aromatic carbocycles. The van der Waals surface area contributed by atoms with Crippen molar-refractivity contribution in [2.75, 3.05) is 12.4 Å². The number of nitrogens with zero attached hydrogens (tertiary/aromatic N) is 3. The number of thiazole rings is 1. The summed E-state index contributed by atoms with van der Waals surface area (Å²) in [6.45, 7) is 8.01. The Morgan fingerprint density at radius 3 is 2.54 bits per heavy atom. The van der Waals surface area contributed by atoms with Crippen molar-refractivity contribution in [3.8, 4) is 0 Å². The Morgan fingerprint density at radius 1 is 1.29 bits per heavy atom. The maximum atomic E-state index is 12.4. The second-order valence-corrected chi connectivity index (χ2v) is 7.01. The summed E-state index contributed by atoms with van der Waals surface area (Å²) in [4.78, 5) is 35.4. The van der Waals surface area contributed by atoms with Crippen molar-refractivity contribution in [1.29, 1.82) is 0 Å². The molecular formula is C17H22N4O2S. The van der Waals surface area contributed by atoms with Gasteiger partial charge in [-0.15, -0.1) is 11.3 Å². The zero-order chi connectivity index (χ0) is 17.9. The molecule has 0 aliphatic carbocycles. The van der Waals surface area contributed by atoms with Crippen LogP contribution < -0.4 is 5.32 Å². The maximum Gasteiger partial charge on any atom is 0.313 e. The van der Waals surface area contributed by atoms with Gasteiger partial charge in [0.1, 0.15) is 0 Å². The van der Waals surface area contributed by atoms with Gasteiger partial charge in [0.25, 0.3) is 0 Å². The third-order valence-corrected chi connectivity index (χ3v) is 5.37. The third-order valence-electron chi connectivity index (χ3n) is 3.74. The number of rotatable bonds is 4. The first-order valence-corrected chi connectivity index (χ1v) is 8.58. The van der Waals surface area contributed by atoms with E-state index in [-0.39, 0.29) is 6.04 Å². The molecule has 0 bridgehead atoms. The molecule has 0 spiro atoms. The number of hydrogen-bond acceptors (Lipinski definition) is 5. The Labute approximate surface area is 145 Å². The predicted molar refractivity (Wildman–Crippen MR) is 95.0 cm³/mol. The fourth-order valence-electron chi connectivity index (χ4n) is 2.20. The minimum Gasteiger partial charge on any atom is -0.330 e. The van der Waals surface area contributed by atoms with Crippen LogP contribution in [-0.4, -0.2) is 33.7 Å². The van der Waals surface area contributed by atoms with E-state index < -0.39 is 11.8 Å². The fraction of sp³-hybridized carbons (Fsp3) is 0.412. The number of likely N-dealkylation sites (N-methyl/N-ethyl adjacent to an activating group) is 1. The number of carbonyl (C=O) groups is 2. The maximum absolute atomic E-state index is 12.4. The van der Waals surface area contributed by atoms with Gasteiger partial charge in [-0.1, -0.05) is 13.8 Å². The van der Waals surface area contributed by atoms with Crippen molar-refractivity contribution in [3.63, 3.8) is 0 Å². The number of amides is 2. The molecule has 0 aliphatic rings. The first kappa shape index (κ1) is 18.1. The second-order valence-electron chi connectivity index (χ2n) is 5.94. The molecule has 0 fully saturated rings. The second kappa shape index (κ2) is 7.53. The molecule has 0 radical (unpaired) electrons. The van der Waals surface area contributed by atoms with Crippen LogP contribution >= 0.6 is 11.3 Å². The summed E-state index contributed by atoms with van der Waals surface area (Å²) in [5.74, 6) is -0.932. The van der Waals surface area contributed by atoms with Crippen LogP contribution in [0.1, 0.15) is 48.3 Å². The van der Waals surface area contributed by atoms with E-state index in [0.29, 0.717) is 11.6 Å². The van der Waals surface area contributed by atoms with Crippen molar-refractivity contribution >= 4 is 28.8 Å². The number of aromatic nitrogens is 2. The average Bonchev–Trinajstić information content (AvgIpc) is 2.95. The van der Waals surface area contributed by atoms with E-state index >= 15 is 0 Å². The highest BCUT2D eigenvalue weighted by molar-refractivity contribution is 7.11. The third kappa shape index (κ3) is 3.97. The number of carbonyl (C=O) groups excluding carboxylic acids is 2. The van der Waals surface area contributed by atoms with Gasteiger partial charge in [-0.25, -0.2) is 4.98 Å². The molecule has 7 heteroatoms. The Kier molecular flexibility index (Phi) is 5.66. The number of nitrogens with one attached hydrogen (secondary N) is 1. The van der Waals surface area contributed by atoms with Crippen LogP contribution in [0.5, 0.6) is 0 Å². The number of anilines is 1. The molecular weight excluding hydrogens is 324 g/mol. The molecule has 128 valence electrons. The van der Waals surface area contributed by atoms with E-state index in [1.165, 1.54) is 11.1 Å². The summed E-state index contributed by atoms with van der Waals surface area (Å²) in [7, 11) is 1.63. The van der Waals surface area contributed by atoms with Crippen LogP contribution in [0.2, 0.25) is 0 Å². The van der Waals surface area contributed by atoms with Gasteiger partial charge >= 0.3 is 11.8 Å². The first-order chi connectivity index (χ1) is 11.3. The van der Waals surface area contributed by atoms with Crippen molar-refractivity contribution in [1.82, 2.24) is 14.9 Å². The molecule has 1 N–H and O–H groups in total. The smallest absolute Gasteiger partial charge is 0.313 e. The zero-order valence-electron chi connectivity index (χ0n) is 14.5. The molecule has 0 aliphatic heterocycles. The van der Waals surface area contributed by atoms with Gasteiger partial charge in [-0.2, -0.15) is 0 Å². The Balaban J connectivity index is 2.10. The minimum atomic E-state index is -0.677. The Hall–Kier alpha value is -2.28. The van der Waals surface area contributed by atoms with Crippen LogP contribution in [0.3, 0.4) is 0 Å². The average molecular weight is 346 g/mol. The predicted octanol–water partition coefficient (Wildman–Crippen LogP) is 3.13. The van der Waals surface area contributed by atoms with Gasteiger partial charge in [0.05, 0.1) is 28.6 Å². The van der Waals surface area contributed by atoms with Crippen LogP contribution in [0.15, 0.2) is 24.5 Å². The SMILES string of the molecule is Cc1nc(C(C)C)sc1C(C)N(C)C(=O)C(=O)Nc1cccnc1. The van der Waals surface area contributed by atoms with Crippen LogP contribution in [0.25, 0.3) is 0 Å². The summed E-state index contributed by atoms with van der Waals surface area (Å²) >= 11 is 1.59. The lowest BCUT2D eigenvalue weighted by molar-refractivity contribution is -0.143. The van der Waals surface area contributed by atoms with Gasteiger partial charge in [0, 0.05) is 24.0 Å². The first-order valence-electron chi connectivity index (χ1n) is 7.76. The minimum absolute atomic E-state index is 0.220. The largest absolute Gasteiger partial charge is 0.330 e. The van der Waals surface area contributed by atoms with E-state index in [0.717, 1.165) is 15.6 Å². The summed E-state index contributed by atoms with van der Waals surface area (Å²) < 4.78 is 0. The standard InChI is InChI=1S/C17H22N4O2S/c1-10(2)16-19-11(3)14(24-16)12(4)21(5)17(23)15(22)20-13-7-6-8-18-9-13/h6-10,12H,1-5H3,(H,20,22). The van der Waals surface area contributed by atoms with Gasteiger partial charge in [0.2, 0.25) is 0 Å². The molecule has 0 saturated carbocycles. The lowest BCUT2D eigenvalue weighted by Crippen LogP contribution is -2.38. The van der Waals surface area contributed by atoms with E-state index in [1.807, 2.05) is 13.8 Å². The number of aryl methyl sites for hydroxylation is 1. The topological polar surface area (TPSA) is 75.2 Å². The number of pyridine rings is 1. The van der Waals surface area contributed by atoms with E-state index in [2.05, 4.69) is 29.1 Å². The van der Waals surface area contributed by atoms with Crippen molar-refractivity contribution in [2.45, 2.75) is 39.7 Å². The van der Waals surface area contributed by atoms with Crippen molar-refractivity contribution in [2.24, 2.45) is 0 Å². The van der Waals surface area contributed by atoms with Crippen LogP contribution in [0.4, 0.5) is 5.69 Å². The van der Waals surface area contributed by atoms with Gasteiger partial charge < -0.3 is 10.2 Å². The summed E-state index contributed by atoms with van der Waals surface area (Å²) in [6, 6.07) is 3.16. The molecule has 2 aromatic rings. The molecule has 2 amide bonds. The Morgan fingerprint density at radius 2 is 2.00 bits per heavy atom. The highest BCUT2D eigenvalue weighted by Gasteiger charge is 2.26. The molecule has 24 heavy (non-hydrogen) atoms. The van der Waals surface area contributed by atoms with Crippen molar-refractivity contribution < 1.29 is 9.59 Å². The molecule has 2 aromatic heterocycles. The quantitative estimate of drug-likeness (QED) is 0.863. The summed E-state index contributed by atoms with van der Waals surface area (Å²) in [5.41, 5.74) is 1.40. The molecule has 2 rings (SSSR count). The lowest BCUT2D eigenvalue weighted by Gasteiger charge is -2.23.